The van der Waals surface area contributed by atoms with E-state index >= 15 is 0 Å². The van der Waals surface area contributed by atoms with Crippen molar-refractivity contribution in [3.8, 4) is 0 Å². The minimum atomic E-state index is -3.43. The highest BCUT2D eigenvalue weighted by Gasteiger charge is 2.30. The van der Waals surface area contributed by atoms with E-state index in [1.165, 1.54) is 4.31 Å². The van der Waals surface area contributed by atoms with Crippen LogP contribution in [0.25, 0.3) is 0 Å². The molecule has 1 N–H and O–H groups in total. The van der Waals surface area contributed by atoms with Crippen LogP contribution in [0.4, 0.5) is 5.69 Å². The molecule has 0 saturated carbocycles. The molecule has 0 radical (unpaired) electrons. The highest BCUT2D eigenvalue weighted by atomic mass is 32.2. The van der Waals surface area contributed by atoms with Crippen LogP contribution in [0.1, 0.15) is 20.3 Å². The molecule has 2 rings (SSSR count). The molecule has 1 aliphatic heterocycles. The van der Waals surface area contributed by atoms with Gasteiger partial charge < -0.3 is 9.64 Å². The number of anilines is 1. The van der Waals surface area contributed by atoms with Crippen molar-refractivity contribution >= 4 is 15.9 Å². The standard InChI is InChI=1S/C16H27N3O3S/c1-14-12-19(13-15(2)22-14)23(20,21)17-10-7-11-18(3)16-8-5-4-6-9-16/h4-6,8-9,14-15,17H,7,10-13H2,1-3H3. The summed E-state index contributed by atoms with van der Waals surface area (Å²) in [5.41, 5.74) is 1.13. The first kappa shape index (κ1) is 18.2. The van der Waals surface area contributed by atoms with Crippen molar-refractivity contribution in [3.05, 3.63) is 30.3 Å². The van der Waals surface area contributed by atoms with Gasteiger partial charge in [-0.05, 0) is 32.4 Å². The summed E-state index contributed by atoms with van der Waals surface area (Å²) in [6, 6.07) is 10.1. The largest absolute Gasteiger partial charge is 0.375 e. The van der Waals surface area contributed by atoms with Gasteiger partial charge >= 0.3 is 0 Å². The van der Waals surface area contributed by atoms with Crippen LogP contribution in [-0.2, 0) is 14.9 Å². The second-order valence-corrected chi connectivity index (χ2v) is 7.84. The van der Waals surface area contributed by atoms with Crippen LogP contribution >= 0.6 is 0 Å². The normalized spacial score (nSPS) is 22.9. The van der Waals surface area contributed by atoms with Crippen molar-refractivity contribution in [2.75, 3.05) is 38.1 Å². The Balaban J connectivity index is 1.76. The van der Waals surface area contributed by atoms with Crippen LogP contribution in [0, 0.1) is 0 Å². The molecule has 1 heterocycles. The molecule has 0 spiro atoms. The van der Waals surface area contributed by atoms with Crippen LogP contribution in [-0.4, -0.2) is 58.2 Å². The van der Waals surface area contributed by atoms with Gasteiger partial charge in [0.05, 0.1) is 12.2 Å². The number of rotatable bonds is 7. The van der Waals surface area contributed by atoms with Crippen molar-refractivity contribution in [2.24, 2.45) is 0 Å². The van der Waals surface area contributed by atoms with Crippen LogP contribution in [0.5, 0.6) is 0 Å². The first-order chi connectivity index (χ1) is 10.9. The SMILES string of the molecule is CC1CN(S(=O)(=O)NCCCN(C)c2ccccc2)CC(C)O1. The minimum Gasteiger partial charge on any atom is -0.375 e. The number of morpholine rings is 1. The number of benzene rings is 1. The predicted molar refractivity (Wildman–Crippen MR) is 92.8 cm³/mol. The summed E-state index contributed by atoms with van der Waals surface area (Å²) in [6.07, 6.45) is 0.610. The number of nitrogens with zero attached hydrogens (tertiary/aromatic N) is 2. The van der Waals surface area contributed by atoms with E-state index < -0.39 is 10.2 Å². The summed E-state index contributed by atoms with van der Waals surface area (Å²) in [7, 11) is -1.42. The fraction of sp³-hybridized carbons (Fsp3) is 0.625. The van der Waals surface area contributed by atoms with Gasteiger partial charge in [0.1, 0.15) is 0 Å². The van der Waals surface area contributed by atoms with E-state index in [2.05, 4.69) is 9.62 Å². The Morgan fingerprint density at radius 1 is 1.22 bits per heavy atom. The summed E-state index contributed by atoms with van der Waals surface area (Å²) >= 11 is 0. The Bertz CT molecular complexity index is 569. The maximum absolute atomic E-state index is 12.3. The zero-order valence-electron chi connectivity index (χ0n) is 14.1. The third-order valence-corrected chi connectivity index (χ3v) is 5.42. The first-order valence-corrected chi connectivity index (χ1v) is 9.49. The molecule has 0 aromatic heterocycles. The molecule has 1 fully saturated rings. The maximum Gasteiger partial charge on any atom is 0.279 e. The molecule has 0 bridgehead atoms. The molecular formula is C16H27N3O3S. The highest BCUT2D eigenvalue weighted by molar-refractivity contribution is 7.87. The molecule has 7 heteroatoms. The molecule has 2 atom stereocenters. The third-order valence-electron chi connectivity index (χ3n) is 3.88. The third kappa shape index (κ3) is 5.46. The van der Waals surface area contributed by atoms with E-state index in [4.69, 9.17) is 4.74 Å². The number of hydrogen-bond acceptors (Lipinski definition) is 4. The predicted octanol–water partition coefficient (Wildman–Crippen LogP) is 1.46. The van der Waals surface area contributed by atoms with Gasteiger partial charge in [-0.25, -0.2) is 4.72 Å². The second kappa shape index (κ2) is 8.10. The van der Waals surface area contributed by atoms with Crippen LogP contribution in [0.3, 0.4) is 0 Å². The van der Waals surface area contributed by atoms with Crippen molar-refractivity contribution in [1.82, 2.24) is 9.03 Å². The average Bonchev–Trinajstić information content (AvgIpc) is 2.51. The Labute approximate surface area is 139 Å². The molecule has 1 aliphatic rings. The van der Waals surface area contributed by atoms with E-state index in [9.17, 15) is 8.42 Å². The number of para-hydroxylation sites is 1. The van der Waals surface area contributed by atoms with Crippen LogP contribution in [0.2, 0.25) is 0 Å². The summed E-state index contributed by atoms with van der Waals surface area (Å²) in [6.45, 7) is 5.83. The second-order valence-electron chi connectivity index (χ2n) is 6.08. The minimum absolute atomic E-state index is 0.0699. The van der Waals surface area contributed by atoms with E-state index in [0.717, 1.165) is 18.7 Å². The lowest BCUT2D eigenvalue weighted by atomic mass is 10.3. The van der Waals surface area contributed by atoms with Crippen LogP contribution in [0.15, 0.2) is 30.3 Å². The zero-order chi connectivity index (χ0) is 16.9. The van der Waals surface area contributed by atoms with Crippen molar-refractivity contribution in [1.29, 1.82) is 0 Å². The molecule has 1 aromatic carbocycles. The maximum atomic E-state index is 12.3. The van der Waals surface area contributed by atoms with Gasteiger partial charge in [-0.2, -0.15) is 12.7 Å². The molecular weight excluding hydrogens is 314 g/mol. The Morgan fingerprint density at radius 2 is 1.83 bits per heavy atom. The fourth-order valence-electron chi connectivity index (χ4n) is 2.75. The zero-order valence-corrected chi connectivity index (χ0v) is 14.9. The Hall–Kier alpha value is -1.15. The monoisotopic (exact) mass is 341 g/mol. The van der Waals surface area contributed by atoms with Crippen LogP contribution < -0.4 is 9.62 Å². The topological polar surface area (TPSA) is 61.9 Å². The molecule has 1 saturated heterocycles. The number of nitrogens with one attached hydrogen (secondary N) is 1. The molecule has 0 amide bonds. The van der Waals surface area contributed by atoms with Crippen molar-refractivity contribution < 1.29 is 13.2 Å². The van der Waals surface area contributed by atoms with E-state index in [1.54, 1.807) is 0 Å². The lowest BCUT2D eigenvalue weighted by Gasteiger charge is -2.34. The fourth-order valence-corrected chi connectivity index (χ4v) is 4.14. The van der Waals surface area contributed by atoms with Gasteiger partial charge in [0.15, 0.2) is 0 Å². The lowest BCUT2D eigenvalue weighted by molar-refractivity contribution is -0.0443. The van der Waals surface area contributed by atoms with Crippen molar-refractivity contribution in [2.45, 2.75) is 32.5 Å². The van der Waals surface area contributed by atoms with Gasteiger partial charge in [-0.15, -0.1) is 0 Å². The highest BCUT2D eigenvalue weighted by Crippen LogP contribution is 2.14. The molecule has 130 valence electrons. The molecule has 6 nitrogen and oxygen atoms in total. The molecule has 23 heavy (non-hydrogen) atoms. The number of hydrogen-bond donors (Lipinski definition) is 1. The molecule has 0 aliphatic carbocycles. The summed E-state index contributed by atoms with van der Waals surface area (Å²) in [4.78, 5) is 2.12. The van der Waals surface area contributed by atoms with Gasteiger partial charge in [-0.3, -0.25) is 0 Å². The average molecular weight is 341 g/mol. The first-order valence-electron chi connectivity index (χ1n) is 8.05. The molecule has 1 aromatic rings. The summed E-state index contributed by atoms with van der Waals surface area (Å²) in [5, 5.41) is 0. The Morgan fingerprint density at radius 3 is 2.43 bits per heavy atom. The summed E-state index contributed by atoms with van der Waals surface area (Å²) in [5.74, 6) is 0. The lowest BCUT2D eigenvalue weighted by Crippen LogP contribution is -2.52. The number of ether oxygens (including phenoxy) is 1. The quantitative estimate of drug-likeness (QED) is 0.763. The summed E-state index contributed by atoms with van der Waals surface area (Å²) < 4.78 is 34.4. The smallest absolute Gasteiger partial charge is 0.279 e. The molecule has 2 unspecified atom stereocenters. The van der Waals surface area contributed by atoms with Gasteiger partial charge in [0, 0.05) is 38.9 Å². The van der Waals surface area contributed by atoms with E-state index in [-0.39, 0.29) is 12.2 Å². The van der Waals surface area contributed by atoms with Crippen molar-refractivity contribution in [3.63, 3.8) is 0 Å². The van der Waals surface area contributed by atoms with E-state index in [0.29, 0.717) is 19.6 Å². The van der Waals surface area contributed by atoms with Gasteiger partial charge in [0.25, 0.3) is 10.2 Å². The van der Waals surface area contributed by atoms with Gasteiger partial charge in [-0.1, -0.05) is 18.2 Å². The van der Waals surface area contributed by atoms with Gasteiger partial charge in [0.2, 0.25) is 0 Å². The Kier molecular flexibility index (Phi) is 6.41. The van der Waals surface area contributed by atoms with E-state index in [1.807, 2.05) is 51.2 Å².